The van der Waals surface area contributed by atoms with Gasteiger partial charge in [-0.15, -0.1) is 0 Å². The number of nitrogens with two attached hydrogens (primary N) is 1. The van der Waals surface area contributed by atoms with Crippen LogP contribution in [0, 0.1) is 24.7 Å². The highest BCUT2D eigenvalue weighted by Crippen LogP contribution is 2.50. The Bertz CT molecular complexity index is 1460. The van der Waals surface area contributed by atoms with Crippen LogP contribution >= 0.6 is 0 Å². The van der Waals surface area contributed by atoms with Crippen LogP contribution in [-0.4, -0.2) is 57.8 Å². The third kappa shape index (κ3) is 3.92. The zero-order valence-electron chi connectivity index (χ0n) is 21.4. The van der Waals surface area contributed by atoms with Crippen molar-refractivity contribution in [3.05, 3.63) is 81.1 Å². The van der Waals surface area contributed by atoms with Crippen molar-refractivity contribution in [3.63, 3.8) is 0 Å². The van der Waals surface area contributed by atoms with E-state index in [2.05, 4.69) is 0 Å². The third-order valence-electron chi connectivity index (χ3n) is 8.02. The van der Waals surface area contributed by atoms with Crippen LogP contribution in [0.5, 0.6) is 5.75 Å². The second-order valence-corrected chi connectivity index (χ2v) is 10.6. The SMILES string of the molecule is Cc1ccc(/C=C/c2ccc(O)c3c2C[C@H]2C[C@@H]4C(C(=O)C(C(N)=O)=C(O)[C@H]4N(C)C)C(=O)C2=C3O)cc1. The molecule has 0 saturated heterocycles. The zero-order chi connectivity index (χ0) is 27.5. The van der Waals surface area contributed by atoms with Gasteiger partial charge in [0, 0.05) is 5.57 Å². The Morgan fingerprint density at radius 1 is 1.00 bits per heavy atom. The number of allylic oxidation sites excluding steroid dienone is 1. The molecule has 8 nitrogen and oxygen atoms in total. The number of aliphatic hydroxyl groups excluding tert-OH is 2. The first-order chi connectivity index (χ1) is 18.0. The van der Waals surface area contributed by atoms with Crippen LogP contribution in [0.1, 0.15) is 34.2 Å². The highest BCUT2D eigenvalue weighted by atomic mass is 16.3. The number of phenolic OH excluding ortho intramolecular Hbond substituents is 1. The minimum atomic E-state index is -1.26. The molecule has 4 atom stereocenters. The fourth-order valence-corrected chi connectivity index (χ4v) is 6.31. The van der Waals surface area contributed by atoms with E-state index in [1.165, 1.54) is 6.07 Å². The average molecular weight is 515 g/mol. The molecule has 2 aromatic carbocycles. The number of aromatic hydroxyl groups is 1. The molecule has 0 bridgehead atoms. The summed E-state index contributed by atoms with van der Waals surface area (Å²) in [5, 5.41) is 32.9. The van der Waals surface area contributed by atoms with Crippen molar-refractivity contribution in [3.8, 4) is 5.75 Å². The van der Waals surface area contributed by atoms with Gasteiger partial charge in [0.15, 0.2) is 11.6 Å². The van der Waals surface area contributed by atoms with E-state index >= 15 is 0 Å². The number of hydrogen-bond donors (Lipinski definition) is 4. The molecule has 0 spiro atoms. The number of benzene rings is 2. The van der Waals surface area contributed by atoms with E-state index in [1.807, 2.05) is 43.3 Å². The smallest absolute Gasteiger partial charge is 0.255 e. The summed E-state index contributed by atoms with van der Waals surface area (Å²) in [6.07, 6.45) is 4.53. The highest BCUT2D eigenvalue weighted by Gasteiger charge is 2.55. The van der Waals surface area contributed by atoms with E-state index in [4.69, 9.17) is 5.73 Å². The topological polar surface area (TPSA) is 141 Å². The van der Waals surface area contributed by atoms with Crippen molar-refractivity contribution >= 4 is 35.4 Å². The van der Waals surface area contributed by atoms with Gasteiger partial charge in [0.05, 0.1) is 17.5 Å². The van der Waals surface area contributed by atoms with Gasteiger partial charge < -0.3 is 21.1 Å². The normalized spacial score (nSPS) is 25.1. The van der Waals surface area contributed by atoms with E-state index in [0.717, 1.165) is 16.7 Å². The average Bonchev–Trinajstić information content (AvgIpc) is 2.83. The summed E-state index contributed by atoms with van der Waals surface area (Å²) in [6.45, 7) is 2.01. The molecule has 2 aromatic rings. The first-order valence-corrected chi connectivity index (χ1v) is 12.5. The number of hydrogen-bond acceptors (Lipinski definition) is 7. The van der Waals surface area contributed by atoms with Crippen LogP contribution in [0.25, 0.3) is 17.9 Å². The van der Waals surface area contributed by atoms with Crippen LogP contribution in [0.4, 0.5) is 0 Å². The lowest BCUT2D eigenvalue weighted by Crippen LogP contribution is -2.55. The van der Waals surface area contributed by atoms with Crippen LogP contribution < -0.4 is 5.73 Å². The molecular formula is C30H30N2O6. The molecule has 1 fully saturated rings. The summed E-state index contributed by atoms with van der Waals surface area (Å²) >= 11 is 0. The predicted molar refractivity (Wildman–Crippen MR) is 143 cm³/mol. The van der Waals surface area contributed by atoms with Gasteiger partial charge in [0.1, 0.15) is 22.8 Å². The Labute approximate surface area is 220 Å². The molecule has 0 radical (unpaired) electrons. The summed E-state index contributed by atoms with van der Waals surface area (Å²) in [6, 6.07) is 10.5. The van der Waals surface area contributed by atoms with Gasteiger partial charge >= 0.3 is 0 Å². The number of amides is 1. The minimum Gasteiger partial charge on any atom is -0.510 e. The van der Waals surface area contributed by atoms with Gasteiger partial charge in [-0.1, -0.05) is 48.0 Å². The van der Waals surface area contributed by atoms with E-state index in [9.17, 15) is 29.7 Å². The fourth-order valence-electron chi connectivity index (χ4n) is 6.31. The molecule has 0 aliphatic heterocycles. The number of nitrogens with zero attached hydrogens (tertiary/aromatic N) is 1. The number of phenols is 1. The van der Waals surface area contributed by atoms with Crippen LogP contribution in [0.2, 0.25) is 0 Å². The Kier molecular flexibility index (Phi) is 6.23. The number of carbonyl (C=O) groups is 3. The van der Waals surface area contributed by atoms with Gasteiger partial charge in [0.2, 0.25) is 0 Å². The lowest BCUT2D eigenvalue weighted by atomic mass is 9.59. The monoisotopic (exact) mass is 514 g/mol. The zero-order valence-corrected chi connectivity index (χ0v) is 21.4. The first kappa shape index (κ1) is 25.5. The molecule has 196 valence electrons. The molecular weight excluding hydrogens is 484 g/mol. The summed E-state index contributed by atoms with van der Waals surface area (Å²) in [5.74, 6) is -5.77. The summed E-state index contributed by atoms with van der Waals surface area (Å²) in [7, 11) is 3.39. The Balaban J connectivity index is 1.61. The second-order valence-electron chi connectivity index (χ2n) is 10.6. The molecule has 3 aliphatic rings. The number of ketones is 2. The number of carbonyl (C=O) groups excluding carboxylic acids is 3. The van der Waals surface area contributed by atoms with E-state index in [0.29, 0.717) is 18.4 Å². The van der Waals surface area contributed by atoms with Gasteiger partial charge in [-0.05, 0) is 68.5 Å². The molecule has 1 unspecified atom stereocenters. The lowest BCUT2D eigenvalue weighted by molar-refractivity contribution is -0.136. The van der Waals surface area contributed by atoms with Crippen LogP contribution in [0.3, 0.4) is 0 Å². The second kappa shape index (κ2) is 9.29. The fraction of sp³-hybridized carbons (Fsp3) is 0.300. The largest absolute Gasteiger partial charge is 0.510 e. The van der Waals surface area contributed by atoms with Gasteiger partial charge in [0.25, 0.3) is 5.91 Å². The Morgan fingerprint density at radius 3 is 2.32 bits per heavy atom. The minimum absolute atomic E-state index is 0.0739. The van der Waals surface area contributed by atoms with E-state index < -0.39 is 52.6 Å². The summed E-state index contributed by atoms with van der Waals surface area (Å²) < 4.78 is 0. The standard InChI is InChI=1S/C30H30N2O6/c1-14-4-6-15(7-5-14)8-9-16-10-11-20(33)22-18(16)12-17-13-19-23(27(35)21(17)26(22)34)28(36)24(30(31)38)29(37)25(19)32(2)3/h4-11,17,19,23,25,33-34,37H,12-13H2,1-3H3,(H2,31,38)/b9-8+/t17-,19+,23?,25-/m0/s1. The third-order valence-corrected chi connectivity index (χ3v) is 8.02. The highest BCUT2D eigenvalue weighted by molar-refractivity contribution is 6.28. The number of aliphatic hydroxyl groups is 2. The van der Waals surface area contributed by atoms with Gasteiger partial charge in [-0.3, -0.25) is 19.3 Å². The number of Topliss-reactive ketones (excluding diaryl/α,β-unsaturated/α-hetero) is 2. The van der Waals surface area contributed by atoms with Crippen molar-refractivity contribution < 1.29 is 29.7 Å². The molecule has 5 rings (SSSR count). The van der Waals surface area contributed by atoms with Crippen molar-refractivity contribution in [2.24, 2.45) is 23.5 Å². The Hall–Kier alpha value is -4.17. The first-order valence-electron chi connectivity index (χ1n) is 12.5. The number of fused-ring (bicyclic) bond motifs is 3. The predicted octanol–water partition coefficient (Wildman–Crippen LogP) is 3.33. The van der Waals surface area contributed by atoms with Crippen molar-refractivity contribution in [2.75, 3.05) is 14.1 Å². The quantitative estimate of drug-likeness (QED) is 0.279. The van der Waals surface area contributed by atoms with Gasteiger partial charge in [-0.25, -0.2) is 0 Å². The number of rotatable bonds is 4. The molecule has 1 amide bonds. The maximum Gasteiger partial charge on any atom is 0.255 e. The molecule has 1 saturated carbocycles. The molecule has 8 heteroatoms. The Morgan fingerprint density at radius 2 is 1.68 bits per heavy atom. The molecule has 0 aromatic heterocycles. The molecule has 5 N–H and O–H groups in total. The van der Waals surface area contributed by atoms with Crippen molar-refractivity contribution in [2.45, 2.75) is 25.8 Å². The van der Waals surface area contributed by atoms with Crippen molar-refractivity contribution in [1.82, 2.24) is 4.90 Å². The lowest BCUT2D eigenvalue weighted by Gasteiger charge is -2.46. The molecule has 0 heterocycles. The van der Waals surface area contributed by atoms with E-state index in [1.54, 1.807) is 25.1 Å². The molecule has 3 aliphatic carbocycles. The maximum absolute atomic E-state index is 13.8. The van der Waals surface area contributed by atoms with Crippen molar-refractivity contribution in [1.29, 1.82) is 0 Å². The van der Waals surface area contributed by atoms with Crippen LogP contribution in [-0.2, 0) is 20.8 Å². The number of likely N-dealkylation sites (N-methyl/N-ethyl adjacent to an activating group) is 1. The van der Waals surface area contributed by atoms with Gasteiger partial charge in [-0.2, -0.15) is 0 Å². The maximum atomic E-state index is 13.8. The van der Waals surface area contributed by atoms with Crippen LogP contribution in [0.15, 0.2) is 53.3 Å². The summed E-state index contributed by atoms with van der Waals surface area (Å²) in [5.41, 5.74) is 8.72. The number of primary amides is 1. The molecule has 38 heavy (non-hydrogen) atoms. The number of aryl methyl sites for hydroxylation is 1. The van der Waals surface area contributed by atoms with E-state index in [-0.39, 0.29) is 22.6 Å². The summed E-state index contributed by atoms with van der Waals surface area (Å²) in [4.78, 5) is 40.8.